The van der Waals surface area contributed by atoms with Crippen LogP contribution in [0.5, 0.6) is 5.75 Å². The van der Waals surface area contributed by atoms with E-state index in [0.29, 0.717) is 17.2 Å². The van der Waals surface area contributed by atoms with Crippen molar-refractivity contribution in [2.75, 3.05) is 0 Å². The quantitative estimate of drug-likeness (QED) is 0.891. The predicted molar refractivity (Wildman–Crippen MR) is 69.4 cm³/mol. The van der Waals surface area contributed by atoms with Crippen molar-refractivity contribution >= 4 is 17.5 Å². The van der Waals surface area contributed by atoms with Crippen molar-refractivity contribution in [2.24, 2.45) is 0 Å². The van der Waals surface area contributed by atoms with Gasteiger partial charge in [0.2, 0.25) is 0 Å². The fourth-order valence-electron chi connectivity index (χ4n) is 1.30. The van der Waals surface area contributed by atoms with Crippen LogP contribution in [0.15, 0.2) is 24.3 Å². The molecule has 0 aliphatic heterocycles. The molecule has 2 atom stereocenters. The van der Waals surface area contributed by atoms with E-state index in [4.69, 9.17) is 21.6 Å². The number of hydrogen-bond acceptors (Lipinski definition) is 3. The Balaban J connectivity index is 2.61. The molecule has 1 amide bonds. The Morgan fingerprint density at radius 3 is 2.78 bits per heavy atom. The molecule has 0 aliphatic rings. The Labute approximate surface area is 112 Å². The lowest BCUT2D eigenvalue weighted by molar-refractivity contribution is -0.127. The molecule has 0 saturated heterocycles. The van der Waals surface area contributed by atoms with Gasteiger partial charge < -0.3 is 10.1 Å². The molecule has 1 N–H and O–H groups in total. The summed E-state index contributed by atoms with van der Waals surface area (Å²) < 4.78 is 5.44. The van der Waals surface area contributed by atoms with Gasteiger partial charge in [0.25, 0.3) is 5.91 Å². The second-order valence-electron chi connectivity index (χ2n) is 3.79. The molecule has 0 fully saturated rings. The third-order valence-electron chi connectivity index (χ3n) is 2.39. The van der Waals surface area contributed by atoms with Crippen molar-refractivity contribution in [3.63, 3.8) is 0 Å². The summed E-state index contributed by atoms with van der Waals surface area (Å²) in [6.07, 6.45) is -0.145. The summed E-state index contributed by atoms with van der Waals surface area (Å²) in [6, 6.07) is 8.44. The lowest BCUT2D eigenvalue weighted by Crippen LogP contribution is -2.41. The molecule has 1 rings (SSSR count). The highest BCUT2D eigenvalue weighted by molar-refractivity contribution is 6.32. The number of nitriles is 1. The van der Waals surface area contributed by atoms with Gasteiger partial charge in [-0.1, -0.05) is 30.7 Å². The second kappa shape index (κ2) is 6.87. The highest BCUT2D eigenvalue weighted by Gasteiger charge is 2.18. The molecule has 0 saturated carbocycles. The van der Waals surface area contributed by atoms with Crippen molar-refractivity contribution < 1.29 is 9.53 Å². The zero-order chi connectivity index (χ0) is 13.5. The molecule has 0 radical (unpaired) electrons. The fourth-order valence-corrected chi connectivity index (χ4v) is 1.48. The minimum atomic E-state index is -0.702. The first-order chi connectivity index (χ1) is 8.58. The molecule has 0 aromatic heterocycles. The number of rotatable bonds is 5. The van der Waals surface area contributed by atoms with Crippen molar-refractivity contribution in [3.8, 4) is 11.8 Å². The first kappa shape index (κ1) is 14.3. The summed E-state index contributed by atoms with van der Waals surface area (Å²) in [5, 5.41) is 11.8. The summed E-state index contributed by atoms with van der Waals surface area (Å²) in [5.74, 6) is 0.121. The van der Waals surface area contributed by atoms with E-state index in [1.54, 1.807) is 31.2 Å². The van der Waals surface area contributed by atoms with Gasteiger partial charge >= 0.3 is 0 Å². The Morgan fingerprint density at radius 1 is 1.56 bits per heavy atom. The lowest BCUT2D eigenvalue weighted by Gasteiger charge is -2.17. The molecule has 0 heterocycles. The van der Waals surface area contributed by atoms with E-state index >= 15 is 0 Å². The summed E-state index contributed by atoms with van der Waals surface area (Å²) in [6.45, 7) is 3.44. The van der Waals surface area contributed by atoms with Crippen molar-refractivity contribution in [2.45, 2.75) is 32.4 Å². The molecule has 0 aliphatic carbocycles. The van der Waals surface area contributed by atoms with Crippen LogP contribution in [0.25, 0.3) is 0 Å². The minimum absolute atomic E-state index is 0.330. The molecule has 1 aromatic rings. The molecule has 5 heteroatoms. The van der Waals surface area contributed by atoms with E-state index in [9.17, 15) is 4.79 Å². The van der Waals surface area contributed by atoms with Crippen molar-refractivity contribution in [3.05, 3.63) is 29.3 Å². The van der Waals surface area contributed by atoms with Crippen LogP contribution in [0.3, 0.4) is 0 Å². The summed E-state index contributed by atoms with van der Waals surface area (Å²) in [5.41, 5.74) is 0. The SMILES string of the molecule is CC[C@H](C#N)NC(=O)[C@H](C)Oc1ccccc1Cl. The average molecular weight is 267 g/mol. The fraction of sp³-hybridized carbons (Fsp3) is 0.385. The first-order valence-corrected chi connectivity index (χ1v) is 6.07. The third-order valence-corrected chi connectivity index (χ3v) is 2.70. The molecule has 18 heavy (non-hydrogen) atoms. The van der Waals surface area contributed by atoms with Crippen LogP contribution in [-0.4, -0.2) is 18.1 Å². The van der Waals surface area contributed by atoms with Crippen LogP contribution in [0, 0.1) is 11.3 Å². The number of benzene rings is 1. The van der Waals surface area contributed by atoms with Gasteiger partial charge in [-0.3, -0.25) is 4.79 Å². The lowest BCUT2D eigenvalue weighted by atomic mass is 10.2. The molecular formula is C13H15ClN2O2. The molecule has 1 aromatic carbocycles. The van der Waals surface area contributed by atoms with E-state index in [-0.39, 0.29) is 5.91 Å². The molecule has 96 valence electrons. The standard InChI is InChI=1S/C13H15ClN2O2/c1-3-10(8-15)16-13(17)9(2)18-12-7-5-4-6-11(12)14/h4-7,9-10H,3H2,1-2H3,(H,16,17)/t9-,10+/m0/s1. The second-order valence-corrected chi connectivity index (χ2v) is 4.20. The number of nitrogens with zero attached hydrogens (tertiary/aromatic N) is 1. The summed E-state index contributed by atoms with van der Waals surface area (Å²) in [7, 11) is 0. The maximum Gasteiger partial charge on any atom is 0.261 e. The topological polar surface area (TPSA) is 62.1 Å². The van der Waals surface area contributed by atoms with E-state index in [1.165, 1.54) is 0 Å². The van der Waals surface area contributed by atoms with Crippen molar-refractivity contribution in [1.82, 2.24) is 5.32 Å². The zero-order valence-corrected chi connectivity index (χ0v) is 11.1. The zero-order valence-electron chi connectivity index (χ0n) is 10.3. The number of nitrogens with one attached hydrogen (secondary N) is 1. The monoisotopic (exact) mass is 266 g/mol. The molecular weight excluding hydrogens is 252 g/mol. The normalized spacial score (nSPS) is 13.2. The van der Waals surface area contributed by atoms with Gasteiger partial charge in [-0.2, -0.15) is 5.26 Å². The van der Waals surface area contributed by atoms with E-state index in [1.807, 2.05) is 13.0 Å². The highest BCUT2D eigenvalue weighted by atomic mass is 35.5. The third kappa shape index (κ3) is 3.94. The Kier molecular flexibility index (Phi) is 5.47. The van der Waals surface area contributed by atoms with Gasteiger partial charge in [0.05, 0.1) is 11.1 Å². The maximum atomic E-state index is 11.8. The van der Waals surface area contributed by atoms with Gasteiger partial charge in [0.15, 0.2) is 6.10 Å². The number of amides is 1. The molecule has 0 bridgehead atoms. The Hall–Kier alpha value is -1.73. The van der Waals surface area contributed by atoms with E-state index in [0.717, 1.165) is 0 Å². The molecule has 0 spiro atoms. The summed E-state index contributed by atoms with van der Waals surface area (Å²) >= 11 is 5.92. The number of para-hydroxylation sites is 1. The Bertz CT molecular complexity index is 457. The van der Waals surface area contributed by atoms with E-state index < -0.39 is 12.1 Å². The van der Waals surface area contributed by atoms with Crippen LogP contribution >= 0.6 is 11.6 Å². The number of hydrogen-bond donors (Lipinski definition) is 1. The number of halogens is 1. The molecule has 4 nitrogen and oxygen atoms in total. The predicted octanol–water partition coefficient (Wildman–Crippen LogP) is 2.53. The van der Waals surface area contributed by atoms with Gasteiger partial charge in [0.1, 0.15) is 11.8 Å². The largest absolute Gasteiger partial charge is 0.479 e. The van der Waals surface area contributed by atoms with Gasteiger partial charge in [-0.05, 0) is 25.5 Å². The van der Waals surface area contributed by atoms with Crippen LogP contribution < -0.4 is 10.1 Å². The van der Waals surface area contributed by atoms with Crippen LogP contribution in [0.1, 0.15) is 20.3 Å². The minimum Gasteiger partial charge on any atom is -0.479 e. The van der Waals surface area contributed by atoms with E-state index in [2.05, 4.69) is 5.32 Å². The highest BCUT2D eigenvalue weighted by Crippen LogP contribution is 2.24. The number of carbonyl (C=O) groups is 1. The first-order valence-electron chi connectivity index (χ1n) is 5.69. The number of ether oxygens (including phenoxy) is 1. The van der Waals surface area contributed by atoms with Crippen LogP contribution in [0.2, 0.25) is 5.02 Å². The van der Waals surface area contributed by atoms with Gasteiger partial charge in [-0.15, -0.1) is 0 Å². The summed E-state index contributed by atoms with van der Waals surface area (Å²) in [4.78, 5) is 11.8. The average Bonchev–Trinajstić information content (AvgIpc) is 2.38. The smallest absolute Gasteiger partial charge is 0.261 e. The van der Waals surface area contributed by atoms with Crippen LogP contribution in [-0.2, 0) is 4.79 Å². The maximum absolute atomic E-state index is 11.8. The number of carbonyl (C=O) groups excluding carboxylic acids is 1. The van der Waals surface area contributed by atoms with Crippen LogP contribution in [0.4, 0.5) is 0 Å². The molecule has 0 unspecified atom stereocenters. The Morgan fingerprint density at radius 2 is 2.22 bits per heavy atom. The van der Waals surface area contributed by atoms with Crippen molar-refractivity contribution in [1.29, 1.82) is 5.26 Å². The van der Waals surface area contributed by atoms with Gasteiger partial charge in [0, 0.05) is 0 Å². The van der Waals surface area contributed by atoms with Gasteiger partial charge in [-0.25, -0.2) is 0 Å².